The van der Waals surface area contributed by atoms with Crippen molar-refractivity contribution in [1.82, 2.24) is 15.4 Å². The van der Waals surface area contributed by atoms with E-state index < -0.39 is 11.9 Å². The van der Waals surface area contributed by atoms with Gasteiger partial charge in [0.05, 0.1) is 17.9 Å². The Morgan fingerprint density at radius 1 is 1.07 bits per heavy atom. The van der Waals surface area contributed by atoms with Crippen molar-refractivity contribution in [3.8, 4) is 0 Å². The molecule has 3 rings (SSSR count). The van der Waals surface area contributed by atoms with Crippen LogP contribution in [0.5, 0.6) is 0 Å². The van der Waals surface area contributed by atoms with Crippen LogP contribution in [-0.4, -0.2) is 28.5 Å². The lowest BCUT2D eigenvalue weighted by molar-refractivity contribution is 0.0527. The smallest absolute Gasteiger partial charge is 0.340 e. The minimum atomic E-state index is -0.471. The van der Waals surface area contributed by atoms with Gasteiger partial charge in [0.15, 0.2) is 11.6 Å². The quantitative estimate of drug-likeness (QED) is 0.334. The Hall–Kier alpha value is -3.85. The molecule has 0 bridgehead atoms. The number of aromatic nitrogens is 2. The van der Waals surface area contributed by atoms with Crippen molar-refractivity contribution >= 4 is 46.5 Å². The van der Waals surface area contributed by atoms with E-state index in [2.05, 4.69) is 26.1 Å². The molecule has 0 atom stereocenters. The van der Waals surface area contributed by atoms with Gasteiger partial charge >= 0.3 is 5.97 Å². The summed E-state index contributed by atoms with van der Waals surface area (Å²) in [6, 6.07) is 13.2. The van der Waals surface area contributed by atoms with E-state index in [-0.39, 0.29) is 23.9 Å². The van der Waals surface area contributed by atoms with Crippen LogP contribution in [0, 0.1) is 0 Å². The Balaban J connectivity index is 1.75. The first-order valence-corrected chi connectivity index (χ1v) is 9.33. The third-order valence-electron chi connectivity index (χ3n) is 3.96. The molecule has 154 valence electrons. The fourth-order valence-corrected chi connectivity index (χ4v) is 2.62. The van der Waals surface area contributed by atoms with Gasteiger partial charge < -0.3 is 15.8 Å². The van der Waals surface area contributed by atoms with Crippen molar-refractivity contribution in [2.75, 3.05) is 23.1 Å². The zero-order chi connectivity index (χ0) is 21.5. The van der Waals surface area contributed by atoms with Gasteiger partial charge in [-0.1, -0.05) is 23.7 Å². The summed E-state index contributed by atoms with van der Waals surface area (Å²) in [4.78, 5) is 32.5. The van der Waals surface area contributed by atoms with Gasteiger partial charge in [0.1, 0.15) is 12.0 Å². The molecule has 0 aliphatic carbocycles. The molecule has 5 N–H and O–H groups in total. The van der Waals surface area contributed by atoms with Crippen LogP contribution in [-0.2, 0) is 4.74 Å². The van der Waals surface area contributed by atoms with Crippen molar-refractivity contribution in [3.05, 3.63) is 71.0 Å². The summed E-state index contributed by atoms with van der Waals surface area (Å²) in [6.07, 6.45) is 1.27. The number of rotatable bonds is 7. The molecule has 10 heteroatoms. The summed E-state index contributed by atoms with van der Waals surface area (Å²) in [6.45, 7) is 1.98. The molecule has 0 unspecified atom stereocenters. The van der Waals surface area contributed by atoms with E-state index >= 15 is 0 Å². The van der Waals surface area contributed by atoms with Crippen molar-refractivity contribution in [1.29, 1.82) is 0 Å². The van der Waals surface area contributed by atoms with E-state index in [1.807, 2.05) is 0 Å². The summed E-state index contributed by atoms with van der Waals surface area (Å²) >= 11 is 5.83. The molecule has 0 aliphatic rings. The number of hydrogen-bond acceptors (Lipinski definition) is 8. The normalized spacial score (nSPS) is 10.2. The van der Waals surface area contributed by atoms with Crippen LogP contribution in [0.2, 0.25) is 5.02 Å². The number of carbonyl (C=O) groups excluding carboxylic acids is 2. The number of carbonyl (C=O) groups is 2. The number of ether oxygens (including phenoxy) is 1. The predicted molar refractivity (Wildman–Crippen MR) is 115 cm³/mol. The highest BCUT2D eigenvalue weighted by atomic mass is 35.5. The zero-order valence-corrected chi connectivity index (χ0v) is 16.7. The number of anilines is 4. The topological polar surface area (TPSA) is 131 Å². The number of hydrogen-bond donors (Lipinski definition) is 4. The number of nitrogens with two attached hydrogens (primary N) is 1. The predicted octanol–water partition coefficient (Wildman–Crippen LogP) is 3.39. The maximum absolute atomic E-state index is 12.2. The molecule has 0 fully saturated rings. The van der Waals surface area contributed by atoms with Crippen molar-refractivity contribution in [2.45, 2.75) is 6.92 Å². The molecule has 0 saturated carbocycles. The van der Waals surface area contributed by atoms with Crippen LogP contribution >= 0.6 is 11.6 Å². The number of para-hydroxylation sites is 1. The number of benzene rings is 2. The maximum Gasteiger partial charge on any atom is 0.340 e. The average molecular weight is 427 g/mol. The highest BCUT2D eigenvalue weighted by Gasteiger charge is 2.15. The van der Waals surface area contributed by atoms with Gasteiger partial charge in [-0.15, -0.1) is 0 Å². The lowest BCUT2D eigenvalue weighted by Crippen LogP contribution is -2.30. The maximum atomic E-state index is 12.2. The van der Waals surface area contributed by atoms with E-state index in [4.69, 9.17) is 22.1 Å². The largest absolute Gasteiger partial charge is 0.462 e. The number of amides is 1. The molecule has 1 aromatic heterocycles. The molecule has 0 radical (unpaired) electrons. The monoisotopic (exact) mass is 426 g/mol. The average Bonchev–Trinajstić information content (AvgIpc) is 2.75. The number of nitrogens with zero attached hydrogens (tertiary/aromatic N) is 2. The number of esters is 1. The summed E-state index contributed by atoms with van der Waals surface area (Å²) in [5.74, 6) is -0.429. The van der Waals surface area contributed by atoms with Gasteiger partial charge in [-0.05, 0) is 43.3 Å². The fourth-order valence-electron chi connectivity index (χ4n) is 2.49. The SMILES string of the molecule is CCOC(=O)c1ccccc1Nc1ncnc(NNC(=O)c2ccc(Cl)cc2)c1N. The molecule has 0 aliphatic heterocycles. The zero-order valence-electron chi connectivity index (χ0n) is 16.0. The van der Waals surface area contributed by atoms with Gasteiger partial charge in [-0.3, -0.25) is 15.6 Å². The fraction of sp³-hybridized carbons (Fsp3) is 0.100. The Morgan fingerprint density at radius 2 is 1.77 bits per heavy atom. The minimum absolute atomic E-state index is 0.146. The Morgan fingerprint density at radius 3 is 2.50 bits per heavy atom. The molecule has 0 saturated heterocycles. The van der Waals surface area contributed by atoms with Crippen LogP contribution in [0.3, 0.4) is 0 Å². The number of hydrazine groups is 1. The second-order valence-electron chi connectivity index (χ2n) is 5.96. The lowest BCUT2D eigenvalue weighted by Gasteiger charge is -2.14. The van der Waals surface area contributed by atoms with Crippen LogP contribution in [0.4, 0.5) is 23.0 Å². The van der Waals surface area contributed by atoms with E-state index in [9.17, 15) is 9.59 Å². The number of halogens is 1. The van der Waals surface area contributed by atoms with E-state index in [1.54, 1.807) is 55.5 Å². The van der Waals surface area contributed by atoms with Crippen LogP contribution < -0.4 is 21.9 Å². The lowest BCUT2D eigenvalue weighted by atomic mass is 10.2. The van der Waals surface area contributed by atoms with Crippen LogP contribution in [0.15, 0.2) is 54.9 Å². The Bertz CT molecular complexity index is 1060. The Kier molecular flexibility index (Phi) is 6.66. The van der Waals surface area contributed by atoms with Crippen LogP contribution in [0.1, 0.15) is 27.6 Å². The first-order valence-electron chi connectivity index (χ1n) is 8.95. The molecule has 3 aromatic rings. The van der Waals surface area contributed by atoms with Crippen molar-refractivity contribution in [3.63, 3.8) is 0 Å². The van der Waals surface area contributed by atoms with Gasteiger partial charge in [-0.25, -0.2) is 14.8 Å². The first kappa shape index (κ1) is 20.9. The van der Waals surface area contributed by atoms with E-state index in [1.165, 1.54) is 6.33 Å². The van der Waals surface area contributed by atoms with Gasteiger partial charge in [0.25, 0.3) is 5.91 Å². The highest BCUT2D eigenvalue weighted by Crippen LogP contribution is 2.27. The van der Waals surface area contributed by atoms with Crippen LogP contribution in [0.25, 0.3) is 0 Å². The molecule has 1 amide bonds. The minimum Gasteiger partial charge on any atom is -0.462 e. The van der Waals surface area contributed by atoms with Gasteiger partial charge in [-0.2, -0.15) is 0 Å². The first-order chi connectivity index (χ1) is 14.5. The summed E-state index contributed by atoms with van der Waals surface area (Å²) < 4.78 is 5.06. The molecular formula is C20H19ClN6O3. The van der Waals surface area contributed by atoms with Crippen molar-refractivity contribution in [2.24, 2.45) is 0 Å². The summed E-state index contributed by atoms with van der Waals surface area (Å²) in [5, 5.41) is 3.53. The molecule has 9 nitrogen and oxygen atoms in total. The molecule has 2 aromatic carbocycles. The molecule has 30 heavy (non-hydrogen) atoms. The third-order valence-corrected chi connectivity index (χ3v) is 4.21. The highest BCUT2D eigenvalue weighted by molar-refractivity contribution is 6.30. The summed E-state index contributed by atoms with van der Waals surface area (Å²) in [5.41, 5.74) is 12.7. The number of nitrogen functional groups attached to an aromatic ring is 1. The van der Waals surface area contributed by atoms with Gasteiger partial charge in [0.2, 0.25) is 0 Å². The van der Waals surface area contributed by atoms with Gasteiger partial charge in [0, 0.05) is 10.6 Å². The Labute approximate surface area is 177 Å². The number of nitrogens with one attached hydrogen (secondary N) is 3. The summed E-state index contributed by atoms with van der Waals surface area (Å²) in [7, 11) is 0. The third kappa shape index (κ3) is 4.95. The second kappa shape index (κ2) is 9.57. The molecular weight excluding hydrogens is 408 g/mol. The molecule has 0 spiro atoms. The standard InChI is InChI=1S/C20H19ClN6O3/c1-2-30-20(29)14-5-3-4-6-15(14)25-17-16(22)18(24-11-23-17)26-27-19(28)12-7-9-13(21)10-8-12/h3-11H,2,22H2,1H3,(H,27,28)(H2,23,24,25,26). The van der Waals surface area contributed by atoms with E-state index in [0.29, 0.717) is 21.8 Å². The van der Waals surface area contributed by atoms with Crippen molar-refractivity contribution < 1.29 is 14.3 Å². The van der Waals surface area contributed by atoms with E-state index in [0.717, 1.165) is 0 Å². The second-order valence-corrected chi connectivity index (χ2v) is 6.40. The molecule has 1 heterocycles.